The number of carbonyl (C=O) groups is 2. The summed E-state index contributed by atoms with van der Waals surface area (Å²) in [6.45, 7) is 2.24. The van der Waals surface area contributed by atoms with Crippen molar-refractivity contribution in [2.75, 3.05) is 44.7 Å². The average Bonchev–Trinajstić information content (AvgIpc) is 2.92. The number of hydrogen-bond acceptors (Lipinski definition) is 6. The summed E-state index contributed by atoms with van der Waals surface area (Å²) in [5.41, 5.74) is 2.17. The van der Waals surface area contributed by atoms with Gasteiger partial charge in [0.1, 0.15) is 12.3 Å². The lowest BCUT2D eigenvalue weighted by atomic mass is 10.2. The molecule has 2 amide bonds. The van der Waals surface area contributed by atoms with Crippen molar-refractivity contribution in [3.8, 4) is 5.75 Å². The summed E-state index contributed by atoms with van der Waals surface area (Å²) in [4.78, 5) is 34.2. The van der Waals surface area contributed by atoms with E-state index in [-0.39, 0.29) is 18.4 Å². The van der Waals surface area contributed by atoms with Crippen LogP contribution in [0.5, 0.6) is 5.75 Å². The quantitative estimate of drug-likeness (QED) is 0.373. The van der Waals surface area contributed by atoms with Crippen molar-refractivity contribution in [2.24, 2.45) is 5.10 Å². The number of methoxy groups -OCH3 is 1. The number of rotatable bonds is 7. The highest BCUT2D eigenvalue weighted by atomic mass is 35.5. The maximum atomic E-state index is 13.2. The van der Waals surface area contributed by atoms with E-state index in [9.17, 15) is 9.59 Å². The molecule has 3 aromatic rings. The molecule has 1 aliphatic rings. The standard InChI is InChI=1S/C26H26ClN5O3/c1-35-24-5-3-2-4-23(24)30-14-16-31(17-15-30)25(33)19-32(26(34)21-10-12-28-13-11-21)29-18-20-6-8-22(27)9-7-20/h2-13,18H,14-17,19H2,1H3/b29-18+. The van der Waals surface area contributed by atoms with Crippen LogP contribution in [-0.2, 0) is 4.79 Å². The average molecular weight is 492 g/mol. The van der Waals surface area contributed by atoms with Gasteiger partial charge in [-0.1, -0.05) is 35.9 Å². The Bertz CT molecular complexity index is 1180. The van der Waals surface area contributed by atoms with E-state index in [1.54, 1.807) is 54.6 Å². The maximum absolute atomic E-state index is 13.2. The van der Waals surface area contributed by atoms with E-state index in [1.165, 1.54) is 17.4 Å². The third kappa shape index (κ3) is 6.16. The van der Waals surface area contributed by atoms with Crippen molar-refractivity contribution in [1.29, 1.82) is 0 Å². The van der Waals surface area contributed by atoms with Crippen molar-refractivity contribution in [3.05, 3.63) is 89.2 Å². The SMILES string of the molecule is COc1ccccc1N1CCN(C(=O)CN(/N=C/c2ccc(Cl)cc2)C(=O)c2ccncc2)CC1. The largest absolute Gasteiger partial charge is 0.495 e. The molecule has 0 N–H and O–H groups in total. The van der Waals surface area contributed by atoms with Gasteiger partial charge in [-0.15, -0.1) is 0 Å². The highest BCUT2D eigenvalue weighted by Gasteiger charge is 2.26. The van der Waals surface area contributed by atoms with Crippen LogP contribution >= 0.6 is 11.6 Å². The Balaban J connectivity index is 1.45. The number of nitrogens with zero attached hydrogens (tertiary/aromatic N) is 5. The summed E-state index contributed by atoms with van der Waals surface area (Å²) in [5.74, 6) is 0.261. The summed E-state index contributed by atoms with van der Waals surface area (Å²) in [7, 11) is 1.65. The Labute approximate surface area is 209 Å². The molecule has 180 valence electrons. The number of hydrazone groups is 1. The first kappa shape index (κ1) is 24.2. The van der Waals surface area contributed by atoms with E-state index in [0.29, 0.717) is 36.8 Å². The van der Waals surface area contributed by atoms with Crippen LogP contribution in [0.3, 0.4) is 0 Å². The zero-order valence-electron chi connectivity index (χ0n) is 19.4. The highest BCUT2D eigenvalue weighted by molar-refractivity contribution is 6.30. The van der Waals surface area contributed by atoms with Gasteiger partial charge in [-0.05, 0) is 42.0 Å². The molecule has 35 heavy (non-hydrogen) atoms. The van der Waals surface area contributed by atoms with Gasteiger partial charge in [0, 0.05) is 49.2 Å². The Kier molecular flexibility index (Phi) is 7.95. The molecule has 2 heterocycles. The molecule has 1 saturated heterocycles. The molecule has 9 heteroatoms. The zero-order valence-corrected chi connectivity index (χ0v) is 20.1. The summed E-state index contributed by atoms with van der Waals surface area (Å²) < 4.78 is 5.47. The van der Waals surface area contributed by atoms with Gasteiger partial charge >= 0.3 is 0 Å². The zero-order chi connectivity index (χ0) is 24.6. The molecule has 1 aliphatic heterocycles. The number of aromatic nitrogens is 1. The number of piperazine rings is 1. The molecule has 0 saturated carbocycles. The maximum Gasteiger partial charge on any atom is 0.274 e. The summed E-state index contributed by atoms with van der Waals surface area (Å²) in [5, 5.41) is 6.14. The molecule has 8 nitrogen and oxygen atoms in total. The van der Waals surface area contributed by atoms with Gasteiger partial charge in [-0.3, -0.25) is 14.6 Å². The number of ether oxygens (including phenoxy) is 1. The molecular formula is C26H26ClN5O3. The normalized spacial score (nSPS) is 13.7. The van der Waals surface area contributed by atoms with Gasteiger partial charge in [0.15, 0.2) is 0 Å². The van der Waals surface area contributed by atoms with Crippen LogP contribution in [0.1, 0.15) is 15.9 Å². The van der Waals surface area contributed by atoms with Crippen molar-refractivity contribution < 1.29 is 14.3 Å². The first-order chi connectivity index (χ1) is 17.0. The van der Waals surface area contributed by atoms with Gasteiger partial charge in [-0.2, -0.15) is 5.10 Å². The Morgan fingerprint density at radius 1 is 1.03 bits per heavy atom. The van der Waals surface area contributed by atoms with Gasteiger partial charge in [-0.25, -0.2) is 5.01 Å². The van der Waals surface area contributed by atoms with Crippen LogP contribution < -0.4 is 9.64 Å². The van der Waals surface area contributed by atoms with Crippen LogP contribution in [0.2, 0.25) is 5.02 Å². The van der Waals surface area contributed by atoms with Crippen LogP contribution in [0, 0.1) is 0 Å². The molecule has 0 atom stereocenters. The highest BCUT2D eigenvalue weighted by Crippen LogP contribution is 2.28. The van der Waals surface area contributed by atoms with Crippen LogP contribution in [0.25, 0.3) is 0 Å². The van der Waals surface area contributed by atoms with Crippen molar-refractivity contribution in [2.45, 2.75) is 0 Å². The molecule has 0 aliphatic carbocycles. The van der Waals surface area contributed by atoms with Gasteiger partial charge < -0.3 is 14.5 Å². The number of carbonyl (C=O) groups excluding carboxylic acids is 2. The topological polar surface area (TPSA) is 78.3 Å². The van der Waals surface area contributed by atoms with Gasteiger partial charge in [0.2, 0.25) is 5.91 Å². The van der Waals surface area contributed by atoms with E-state index in [2.05, 4.69) is 15.0 Å². The number of anilines is 1. The van der Waals surface area contributed by atoms with Crippen LogP contribution in [0.4, 0.5) is 5.69 Å². The second kappa shape index (κ2) is 11.5. The number of para-hydroxylation sites is 2. The second-order valence-electron chi connectivity index (χ2n) is 7.93. The summed E-state index contributed by atoms with van der Waals surface area (Å²) in [6, 6.07) is 18.1. The fraction of sp³-hybridized carbons (Fsp3) is 0.231. The number of hydrogen-bond donors (Lipinski definition) is 0. The minimum Gasteiger partial charge on any atom is -0.495 e. The monoisotopic (exact) mass is 491 g/mol. The van der Waals surface area contributed by atoms with Crippen LogP contribution in [-0.4, -0.2) is 72.8 Å². The fourth-order valence-corrected chi connectivity index (χ4v) is 3.94. The predicted octanol–water partition coefficient (Wildman–Crippen LogP) is 3.57. The van der Waals surface area contributed by atoms with E-state index in [1.807, 2.05) is 24.3 Å². The first-order valence-electron chi connectivity index (χ1n) is 11.2. The van der Waals surface area contributed by atoms with E-state index in [4.69, 9.17) is 16.3 Å². The van der Waals surface area contributed by atoms with E-state index < -0.39 is 0 Å². The fourth-order valence-electron chi connectivity index (χ4n) is 3.81. The molecule has 0 unspecified atom stereocenters. The molecule has 2 aromatic carbocycles. The third-order valence-corrected chi connectivity index (χ3v) is 5.97. The lowest BCUT2D eigenvalue weighted by Crippen LogP contribution is -2.51. The number of amides is 2. The number of pyridine rings is 1. The summed E-state index contributed by atoms with van der Waals surface area (Å²) in [6.07, 6.45) is 4.61. The Morgan fingerprint density at radius 3 is 2.40 bits per heavy atom. The lowest BCUT2D eigenvalue weighted by molar-refractivity contribution is -0.132. The smallest absolute Gasteiger partial charge is 0.274 e. The first-order valence-corrected chi connectivity index (χ1v) is 11.6. The van der Waals surface area contributed by atoms with Crippen molar-refractivity contribution in [3.63, 3.8) is 0 Å². The van der Waals surface area contributed by atoms with E-state index >= 15 is 0 Å². The van der Waals surface area contributed by atoms with Gasteiger partial charge in [0.05, 0.1) is 19.0 Å². The number of halogens is 1. The minimum absolute atomic E-state index is 0.166. The summed E-state index contributed by atoms with van der Waals surface area (Å²) >= 11 is 5.95. The van der Waals surface area contributed by atoms with E-state index in [0.717, 1.165) is 17.0 Å². The lowest BCUT2D eigenvalue weighted by Gasteiger charge is -2.37. The Hall–Kier alpha value is -3.91. The second-order valence-corrected chi connectivity index (χ2v) is 8.37. The Morgan fingerprint density at radius 2 is 1.71 bits per heavy atom. The molecule has 0 bridgehead atoms. The third-order valence-electron chi connectivity index (χ3n) is 5.72. The van der Waals surface area contributed by atoms with Gasteiger partial charge in [0.25, 0.3) is 5.91 Å². The molecule has 1 aromatic heterocycles. The minimum atomic E-state index is -0.376. The molecule has 0 spiro atoms. The van der Waals surface area contributed by atoms with Crippen LogP contribution in [0.15, 0.2) is 78.2 Å². The molecule has 0 radical (unpaired) electrons. The van der Waals surface area contributed by atoms with Crippen molar-refractivity contribution >= 4 is 35.3 Å². The number of benzene rings is 2. The predicted molar refractivity (Wildman–Crippen MR) is 136 cm³/mol. The van der Waals surface area contributed by atoms with Crippen molar-refractivity contribution in [1.82, 2.24) is 14.9 Å². The molecule has 1 fully saturated rings. The molecular weight excluding hydrogens is 466 g/mol. The molecule has 4 rings (SSSR count).